The van der Waals surface area contributed by atoms with E-state index in [2.05, 4.69) is 11.7 Å². The minimum Gasteiger partial charge on any atom is -0.289 e. The zero-order valence-corrected chi connectivity index (χ0v) is 4.91. The quantitative estimate of drug-likeness (QED) is 0.460. The SMILES string of the molecule is C=Cc1ccnn1C=N. The first-order chi connectivity index (χ1) is 4.38. The molecule has 0 spiro atoms. The van der Waals surface area contributed by atoms with Gasteiger partial charge in [0.2, 0.25) is 0 Å². The van der Waals surface area contributed by atoms with Gasteiger partial charge in [0, 0.05) is 0 Å². The van der Waals surface area contributed by atoms with Crippen molar-refractivity contribution in [3.63, 3.8) is 0 Å². The Balaban J connectivity index is 3.12. The van der Waals surface area contributed by atoms with Gasteiger partial charge in [0.15, 0.2) is 0 Å². The summed E-state index contributed by atoms with van der Waals surface area (Å²) in [5.41, 5.74) is 0.838. The Bertz CT molecular complexity index is 201. The van der Waals surface area contributed by atoms with E-state index in [1.165, 1.54) is 4.68 Å². The van der Waals surface area contributed by atoms with Crippen LogP contribution in [0.15, 0.2) is 18.8 Å². The predicted molar refractivity (Wildman–Crippen MR) is 36.5 cm³/mol. The van der Waals surface area contributed by atoms with Crippen molar-refractivity contribution in [3.8, 4) is 0 Å². The fraction of sp³-hybridized carbons (Fsp3) is 0. The van der Waals surface area contributed by atoms with Crippen LogP contribution in [0, 0.1) is 5.41 Å². The van der Waals surface area contributed by atoms with E-state index in [-0.39, 0.29) is 0 Å². The van der Waals surface area contributed by atoms with E-state index in [9.17, 15) is 0 Å². The summed E-state index contributed by atoms with van der Waals surface area (Å²) in [5, 5.41) is 10.6. The fourth-order valence-corrected chi connectivity index (χ4v) is 0.594. The minimum absolute atomic E-state index is 0.838. The van der Waals surface area contributed by atoms with Crippen molar-refractivity contribution >= 4 is 12.4 Å². The van der Waals surface area contributed by atoms with Gasteiger partial charge in [-0.1, -0.05) is 6.58 Å². The van der Waals surface area contributed by atoms with Crippen LogP contribution in [0.3, 0.4) is 0 Å². The first kappa shape index (κ1) is 5.75. The van der Waals surface area contributed by atoms with Crippen molar-refractivity contribution in [3.05, 3.63) is 24.5 Å². The zero-order chi connectivity index (χ0) is 6.69. The summed E-state index contributed by atoms with van der Waals surface area (Å²) in [5.74, 6) is 0. The van der Waals surface area contributed by atoms with E-state index >= 15 is 0 Å². The number of aromatic nitrogens is 2. The topological polar surface area (TPSA) is 41.7 Å². The van der Waals surface area contributed by atoms with Crippen molar-refractivity contribution in [2.45, 2.75) is 0 Å². The minimum atomic E-state index is 0.838. The van der Waals surface area contributed by atoms with E-state index in [1.807, 2.05) is 0 Å². The standard InChI is InChI=1S/C6H7N3/c1-2-6-3-4-8-9(6)5-7/h2-5,7H,1H2. The molecule has 3 nitrogen and oxygen atoms in total. The van der Waals surface area contributed by atoms with E-state index in [1.54, 1.807) is 18.3 Å². The van der Waals surface area contributed by atoms with Crippen LogP contribution in [0.4, 0.5) is 0 Å². The Morgan fingerprint density at radius 3 is 3.00 bits per heavy atom. The summed E-state index contributed by atoms with van der Waals surface area (Å²) in [6.07, 6.45) is 4.41. The molecule has 0 unspecified atom stereocenters. The molecule has 0 aliphatic rings. The third-order valence-electron chi connectivity index (χ3n) is 1.03. The fourth-order valence-electron chi connectivity index (χ4n) is 0.594. The Hall–Kier alpha value is -1.38. The van der Waals surface area contributed by atoms with Crippen LogP contribution < -0.4 is 0 Å². The van der Waals surface area contributed by atoms with Gasteiger partial charge < -0.3 is 0 Å². The molecule has 0 aliphatic heterocycles. The summed E-state index contributed by atoms with van der Waals surface area (Å²) in [7, 11) is 0. The molecular weight excluding hydrogens is 114 g/mol. The van der Waals surface area contributed by atoms with Crippen LogP contribution in [0.1, 0.15) is 5.69 Å². The zero-order valence-electron chi connectivity index (χ0n) is 4.91. The number of nitrogens with one attached hydrogen (secondary N) is 1. The van der Waals surface area contributed by atoms with Gasteiger partial charge in [-0.3, -0.25) is 5.41 Å². The maximum Gasteiger partial charge on any atom is 0.109 e. The van der Waals surface area contributed by atoms with Crippen LogP contribution in [0.25, 0.3) is 6.08 Å². The van der Waals surface area contributed by atoms with Gasteiger partial charge in [-0.05, 0) is 12.1 Å². The summed E-state index contributed by atoms with van der Waals surface area (Å²) in [4.78, 5) is 0. The molecule has 0 atom stereocenters. The van der Waals surface area contributed by atoms with E-state index < -0.39 is 0 Å². The van der Waals surface area contributed by atoms with Crippen LogP contribution in [0.2, 0.25) is 0 Å². The molecule has 9 heavy (non-hydrogen) atoms. The molecule has 1 aromatic rings. The number of rotatable bonds is 2. The Morgan fingerprint density at radius 1 is 1.78 bits per heavy atom. The molecule has 0 amide bonds. The first-order valence-corrected chi connectivity index (χ1v) is 2.55. The second-order valence-corrected chi connectivity index (χ2v) is 1.53. The van der Waals surface area contributed by atoms with Crippen LogP contribution in [-0.4, -0.2) is 16.1 Å². The van der Waals surface area contributed by atoms with Crippen molar-refractivity contribution in [1.82, 2.24) is 9.78 Å². The second kappa shape index (κ2) is 2.26. The molecule has 3 heteroatoms. The highest BCUT2D eigenvalue weighted by atomic mass is 15.3. The summed E-state index contributed by atoms with van der Waals surface area (Å²) >= 11 is 0. The van der Waals surface area contributed by atoms with E-state index in [0.717, 1.165) is 12.0 Å². The van der Waals surface area contributed by atoms with Gasteiger partial charge in [0.25, 0.3) is 0 Å². The molecule has 0 radical (unpaired) electrons. The Kier molecular flexibility index (Phi) is 1.44. The van der Waals surface area contributed by atoms with Crippen LogP contribution in [0.5, 0.6) is 0 Å². The number of hydrogen-bond acceptors (Lipinski definition) is 2. The average molecular weight is 121 g/mol. The molecule has 0 fully saturated rings. The number of nitrogens with zero attached hydrogens (tertiary/aromatic N) is 2. The van der Waals surface area contributed by atoms with Crippen molar-refractivity contribution in [2.24, 2.45) is 0 Å². The van der Waals surface area contributed by atoms with Crippen molar-refractivity contribution in [1.29, 1.82) is 5.41 Å². The van der Waals surface area contributed by atoms with Gasteiger partial charge in [-0.25, -0.2) is 4.68 Å². The summed E-state index contributed by atoms with van der Waals surface area (Å²) in [6, 6.07) is 1.79. The molecular formula is C6H7N3. The molecule has 0 bridgehead atoms. The lowest BCUT2D eigenvalue weighted by atomic mass is 10.4. The van der Waals surface area contributed by atoms with Crippen molar-refractivity contribution in [2.75, 3.05) is 0 Å². The second-order valence-electron chi connectivity index (χ2n) is 1.53. The third-order valence-corrected chi connectivity index (χ3v) is 1.03. The maximum absolute atomic E-state index is 6.83. The van der Waals surface area contributed by atoms with Crippen molar-refractivity contribution < 1.29 is 0 Å². The summed E-state index contributed by atoms with van der Waals surface area (Å²) in [6.45, 7) is 3.55. The van der Waals surface area contributed by atoms with Crippen LogP contribution >= 0.6 is 0 Å². The van der Waals surface area contributed by atoms with Gasteiger partial charge in [-0.2, -0.15) is 5.10 Å². The maximum atomic E-state index is 6.83. The lowest BCUT2D eigenvalue weighted by molar-refractivity contribution is 0.940. The van der Waals surface area contributed by atoms with Gasteiger partial charge in [0.1, 0.15) is 6.34 Å². The number of hydrogen-bond donors (Lipinski definition) is 1. The van der Waals surface area contributed by atoms with E-state index in [0.29, 0.717) is 0 Å². The molecule has 1 rings (SSSR count). The highest BCUT2D eigenvalue weighted by Gasteiger charge is 1.90. The monoisotopic (exact) mass is 121 g/mol. The first-order valence-electron chi connectivity index (χ1n) is 2.55. The average Bonchev–Trinajstić information content (AvgIpc) is 2.33. The molecule has 0 aromatic carbocycles. The third kappa shape index (κ3) is 0.887. The van der Waals surface area contributed by atoms with Gasteiger partial charge >= 0.3 is 0 Å². The Labute approximate surface area is 53.1 Å². The molecule has 1 N–H and O–H groups in total. The highest BCUT2D eigenvalue weighted by Crippen LogP contribution is 1.95. The predicted octanol–water partition coefficient (Wildman–Crippen LogP) is 0.981. The van der Waals surface area contributed by atoms with E-state index in [4.69, 9.17) is 5.41 Å². The van der Waals surface area contributed by atoms with Gasteiger partial charge in [0.05, 0.1) is 11.9 Å². The van der Waals surface area contributed by atoms with Gasteiger partial charge in [-0.15, -0.1) is 0 Å². The lowest BCUT2D eigenvalue weighted by Crippen LogP contribution is -1.97. The lowest BCUT2D eigenvalue weighted by Gasteiger charge is -1.89. The molecule has 46 valence electrons. The highest BCUT2D eigenvalue weighted by molar-refractivity contribution is 5.59. The molecule has 1 aromatic heterocycles. The molecule has 0 saturated heterocycles. The smallest absolute Gasteiger partial charge is 0.109 e. The largest absolute Gasteiger partial charge is 0.289 e. The summed E-state index contributed by atoms with van der Waals surface area (Å²) < 4.78 is 1.44. The molecule has 1 heterocycles. The molecule has 0 aliphatic carbocycles. The Morgan fingerprint density at radius 2 is 2.56 bits per heavy atom. The molecule has 0 saturated carbocycles. The van der Waals surface area contributed by atoms with Crippen LogP contribution in [-0.2, 0) is 0 Å². The normalized spacial score (nSPS) is 8.89.